The Hall–Kier alpha value is -1.31. The SMILES string of the molecule is N#Cc1ccc(NCc2ccc(Br)cc2)cc1Br. The van der Waals surface area contributed by atoms with Gasteiger partial charge in [-0.1, -0.05) is 28.1 Å². The molecule has 0 bridgehead atoms. The molecule has 0 aliphatic rings. The Morgan fingerprint density at radius 2 is 1.78 bits per heavy atom. The van der Waals surface area contributed by atoms with E-state index < -0.39 is 0 Å². The zero-order valence-electron chi connectivity index (χ0n) is 9.45. The summed E-state index contributed by atoms with van der Waals surface area (Å²) in [5.74, 6) is 0. The molecule has 0 aliphatic carbocycles. The van der Waals surface area contributed by atoms with Crippen molar-refractivity contribution in [3.05, 3.63) is 62.5 Å². The number of nitrogens with zero attached hydrogens (tertiary/aromatic N) is 1. The maximum Gasteiger partial charge on any atom is 0.100 e. The number of benzene rings is 2. The molecule has 0 aliphatic heterocycles. The number of nitrogens with one attached hydrogen (secondary N) is 1. The molecular formula is C14H10Br2N2. The van der Waals surface area contributed by atoms with Crippen LogP contribution in [0.15, 0.2) is 51.4 Å². The Labute approximate surface area is 123 Å². The first-order valence-corrected chi connectivity index (χ1v) is 6.95. The standard InChI is InChI=1S/C14H10Br2N2/c15-12-4-1-10(2-5-12)9-18-13-6-3-11(8-17)14(16)7-13/h1-7,18H,9H2. The molecule has 1 N–H and O–H groups in total. The molecule has 18 heavy (non-hydrogen) atoms. The fourth-order valence-electron chi connectivity index (χ4n) is 1.52. The van der Waals surface area contributed by atoms with Crippen LogP contribution in [0.5, 0.6) is 0 Å². The number of nitriles is 1. The molecular weight excluding hydrogens is 356 g/mol. The third-order valence-electron chi connectivity index (χ3n) is 2.50. The second-order valence-corrected chi connectivity index (χ2v) is 5.56. The summed E-state index contributed by atoms with van der Waals surface area (Å²) in [7, 11) is 0. The molecule has 0 fully saturated rings. The van der Waals surface area contributed by atoms with Crippen LogP contribution in [0.25, 0.3) is 0 Å². The Balaban J connectivity index is 2.04. The molecule has 0 unspecified atom stereocenters. The Morgan fingerprint density at radius 3 is 2.39 bits per heavy atom. The van der Waals surface area contributed by atoms with Crippen molar-refractivity contribution in [1.29, 1.82) is 5.26 Å². The molecule has 2 nitrogen and oxygen atoms in total. The summed E-state index contributed by atoms with van der Waals surface area (Å²) in [5, 5.41) is 12.2. The predicted octanol–water partition coefficient (Wildman–Crippen LogP) is 4.70. The molecule has 0 saturated heterocycles. The van der Waals surface area contributed by atoms with E-state index in [-0.39, 0.29) is 0 Å². The molecule has 0 aromatic heterocycles. The average Bonchev–Trinajstić information content (AvgIpc) is 2.38. The van der Waals surface area contributed by atoms with Gasteiger partial charge in [-0.05, 0) is 51.8 Å². The number of hydrogen-bond acceptors (Lipinski definition) is 2. The third kappa shape index (κ3) is 3.34. The highest BCUT2D eigenvalue weighted by Gasteiger charge is 2.00. The summed E-state index contributed by atoms with van der Waals surface area (Å²) in [6.07, 6.45) is 0. The summed E-state index contributed by atoms with van der Waals surface area (Å²) in [5.41, 5.74) is 2.84. The maximum atomic E-state index is 8.84. The second kappa shape index (κ2) is 6.03. The normalized spacial score (nSPS) is 9.83. The third-order valence-corrected chi connectivity index (χ3v) is 3.68. The molecule has 0 radical (unpaired) electrons. The first kappa shape index (κ1) is 13.1. The van der Waals surface area contributed by atoms with Gasteiger partial charge in [-0.25, -0.2) is 0 Å². The zero-order chi connectivity index (χ0) is 13.0. The van der Waals surface area contributed by atoms with E-state index in [0.717, 1.165) is 21.2 Å². The fraction of sp³-hybridized carbons (Fsp3) is 0.0714. The quantitative estimate of drug-likeness (QED) is 0.855. The van der Waals surface area contributed by atoms with E-state index in [1.807, 2.05) is 24.3 Å². The lowest BCUT2D eigenvalue weighted by atomic mass is 10.2. The van der Waals surface area contributed by atoms with Crippen molar-refractivity contribution in [2.24, 2.45) is 0 Å². The molecule has 0 amide bonds. The van der Waals surface area contributed by atoms with Crippen LogP contribution in [0.3, 0.4) is 0 Å². The lowest BCUT2D eigenvalue weighted by Gasteiger charge is -2.07. The molecule has 4 heteroatoms. The molecule has 90 valence electrons. The van der Waals surface area contributed by atoms with E-state index in [4.69, 9.17) is 5.26 Å². The van der Waals surface area contributed by atoms with Crippen LogP contribution in [0.4, 0.5) is 5.69 Å². The van der Waals surface area contributed by atoms with Crippen LogP contribution < -0.4 is 5.32 Å². The zero-order valence-corrected chi connectivity index (χ0v) is 12.6. The average molecular weight is 366 g/mol. The van der Waals surface area contributed by atoms with Gasteiger partial charge in [-0.2, -0.15) is 5.26 Å². The van der Waals surface area contributed by atoms with E-state index in [0.29, 0.717) is 5.56 Å². The highest BCUT2D eigenvalue weighted by Crippen LogP contribution is 2.21. The van der Waals surface area contributed by atoms with Crippen molar-refractivity contribution in [2.45, 2.75) is 6.54 Å². The van der Waals surface area contributed by atoms with E-state index >= 15 is 0 Å². The van der Waals surface area contributed by atoms with Crippen LogP contribution in [-0.4, -0.2) is 0 Å². The van der Waals surface area contributed by atoms with Crippen molar-refractivity contribution in [3.8, 4) is 6.07 Å². The summed E-state index contributed by atoms with van der Waals surface area (Å²) < 4.78 is 1.89. The van der Waals surface area contributed by atoms with Gasteiger partial charge in [-0.3, -0.25) is 0 Å². The second-order valence-electron chi connectivity index (χ2n) is 3.79. The fourth-order valence-corrected chi connectivity index (χ4v) is 2.25. The first-order valence-electron chi connectivity index (χ1n) is 5.37. The smallest absolute Gasteiger partial charge is 0.100 e. The lowest BCUT2D eigenvalue weighted by molar-refractivity contribution is 1.15. The lowest BCUT2D eigenvalue weighted by Crippen LogP contribution is -1.99. The Bertz CT molecular complexity index is 586. The summed E-state index contributed by atoms with van der Waals surface area (Å²) in [6.45, 7) is 0.756. The minimum atomic E-state index is 0.643. The van der Waals surface area contributed by atoms with Crippen molar-refractivity contribution in [3.63, 3.8) is 0 Å². The first-order chi connectivity index (χ1) is 8.69. The van der Waals surface area contributed by atoms with E-state index in [1.165, 1.54) is 5.56 Å². The Morgan fingerprint density at radius 1 is 1.06 bits per heavy atom. The van der Waals surface area contributed by atoms with Gasteiger partial charge in [0.2, 0.25) is 0 Å². The number of rotatable bonds is 3. The maximum absolute atomic E-state index is 8.84. The highest BCUT2D eigenvalue weighted by molar-refractivity contribution is 9.10. The van der Waals surface area contributed by atoms with Gasteiger partial charge >= 0.3 is 0 Å². The molecule has 0 spiro atoms. The van der Waals surface area contributed by atoms with Crippen molar-refractivity contribution >= 4 is 37.5 Å². The molecule has 0 saturated carbocycles. The summed E-state index contributed by atoms with van der Waals surface area (Å²) in [6, 6.07) is 15.9. The predicted molar refractivity (Wildman–Crippen MR) is 80.3 cm³/mol. The van der Waals surface area contributed by atoms with E-state index in [9.17, 15) is 0 Å². The number of halogens is 2. The van der Waals surface area contributed by atoms with Crippen LogP contribution in [0.2, 0.25) is 0 Å². The van der Waals surface area contributed by atoms with Gasteiger partial charge in [0.05, 0.1) is 5.56 Å². The topological polar surface area (TPSA) is 35.8 Å². The monoisotopic (exact) mass is 364 g/mol. The molecule has 0 atom stereocenters. The summed E-state index contributed by atoms with van der Waals surface area (Å²) >= 11 is 6.78. The molecule has 2 aromatic carbocycles. The van der Waals surface area contributed by atoms with E-state index in [1.54, 1.807) is 6.07 Å². The molecule has 0 heterocycles. The van der Waals surface area contributed by atoms with Crippen molar-refractivity contribution in [2.75, 3.05) is 5.32 Å². The number of anilines is 1. The molecule has 2 rings (SSSR count). The van der Waals surface area contributed by atoms with Gasteiger partial charge in [0.15, 0.2) is 0 Å². The highest BCUT2D eigenvalue weighted by atomic mass is 79.9. The van der Waals surface area contributed by atoms with Crippen molar-refractivity contribution < 1.29 is 0 Å². The minimum Gasteiger partial charge on any atom is -0.381 e. The molecule has 2 aromatic rings. The van der Waals surface area contributed by atoms with Crippen LogP contribution >= 0.6 is 31.9 Å². The van der Waals surface area contributed by atoms with Gasteiger partial charge < -0.3 is 5.32 Å². The van der Waals surface area contributed by atoms with Gasteiger partial charge in [0.25, 0.3) is 0 Å². The van der Waals surface area contributed by atoms with Gasteiger partial charge in [0, 0.05) is 21.2 Å². The Kier molecular flexibility index (Phi) is 4.40. The largest absolute Gasteiger partial charge is 0.381 e. The van der Waals surface area contributed by atoms with Crippen molar-refractivity contribution in [1.82, 2.24) is 0 Å². The van der Waals surface area contributed by atoms with Crippen LogP contribution in [-0.2, 0) is 6.54 Å². The van der Waals surface area contributed by atoms with E-state index in [2.05, 4.69) is 55.4 Å². The van der Waals surface area contributed by atoms with Gasteiger partial charge in [-0.15, -0.1) is 0 Å². The number of hydrogen-bond donors (Lipinski definition) is 1. The van der Waals surface area contributed by atoms with Crippen LogP contribution in [0.1, 0.15) is 11.1 Å². The minimum absolute atomic E-state index is 0.643. The summed E-state index contributed by atoms with van der Waals surface area (Å²) in [4.78, 5) is 0. The van der Waals surface area contributed by atoms with Gasteiger partial charge in [0.1, 0.15) is 6.07 Å². The van der Waals surface area contributed by atoms with Crippen LogP contribution in [0, 0.1) is 11.3 Å².